The molecule has 0 bridgehead atoms. The van der Waals surface area contributed by atoms with Crippen molar-refractivity contribution >= 4 is 5.91 Å². The standard InChI is InChI=1S/C18H19NO2/c1-13(14-8-4-3-5-9-14)19(2)18(20)17-12-15-10-6-7-11-16(15)21-17/h3-11,13,17H,12H2,1-2H3. The molecule has 108 valence electrons. The van der Waals surface area contributed by atoms with Gasteiger partial charge in [-0.05, 0) is 24.1 Å². The minimum absolute atomic E-state index is 0.0301. The maximum absolute atomic E-state index is 12.6. The first-order valence-corrected chi connectivity index (χ1v) is 7.23. The Hall–Kier alpha value is -2.29. The van der Waals surface area contributed by atoms with Gasteiger partial charge in [-0.1, -0.05) is 48.5 Å². The topological polar surface area (TPSA) is 29.5 Å². The number of carbonyl (C=O) groups excluding carboxylic acids is 1. The van der Waals surface area contributed by atoms with Gasteiger partial charge in [0, 0.05) is 13.5 Å². The summed E-state index contributed by atoms with van der Waals surface area (Å²) < 4.78 is 5.78. The Bertz CT molecular complexity index is 614. The number of para-hydroxylation sites is 1. The lowest BCUT2D eigenvalue weighted by Crippen LogP contribution is -2.40. The van der Waals surface area contributed by atoms with Crippen molar-refractivity contribution in [2.24, 2.45) is 0 Å². The van der Waals surface area contributed by atoms with E-state index in [4.69, 9.17) is 4.74 Å². The van der Waals surface area contributed by atoms with Gasteiger partial charge in [0.05, 0.1) is 6.04 Å². The van der Waals surface area contributed by atoms with Crippen LogP contribution >= 0.6 is 0 Å². The summed E-state index contributed by atoms with van der Waals surface area (Å²) in [6, 6.07) is 17.9. The first-order valence-electron chi connectivity index (χ1n) is 7.23. The number of rotatable bonds is 3. The fourth-order valence-corrected chi connectivity index (χ4v) is 2.69. The molecule has 0 spiro atoms. The Labute approximate surface area is 125 Å². The Morgan fingerprint density at radius 2 is 1.81 bits per heavy atom. The van der Waals surface area contributed by atoms with Crippen LogP contribution < -0.4 is 4.74 Å². The van der Waals surface area contributed by atoms with Crippen LogP contribution in [-0.2, 0) is 11.2 Å². The highest BCUT2D eigenvalue weighted by atomic mass is 16.5. The number of hydrogen-bond donors (Lipinski definition) is 0. The molecule has 1 amide bonds. The van der Waals surface area contributed by atoms with Crippen LogP contribution in [0, 0.1) is 0 Å². The zero-order chi connectivity index (χ0) is 14.8. The lowest BCUT2D eigenvalue weighted by molar-refractivity contribution is -0.138. The predicted molar refractivity (Wildman–Crippen MR) is 82.2 cm³/mol. The number of amides is 1. The summed E-state index contributed by atoms with van der Waals surface area (Å²) in [4.78, 5) is 14.4. The molecule has 2 atom stereocenters. The van der Waals surface area contributed by atoms with Gasteiger partial charge in [-0.15, -0.1) is 0 Å². The molecular formula is C18H19NO2. The van der Waals surface area contributed by atoms with Gasteiger partial charge in [-0.25, -0.2) is 0 Å². The van der Waals surface area contributed by atoms with E-state index in [2.05, 4.69) is 0 Å². The van der Waals surface area contributed by atoms with E-state index >= 15 is 0 Å². The Morgan fingerprint density at radius 1 is 1.14 bits per heavy atom. The van der Waals surface area contributed by atoms with Gasteiger partial charge < -0.3 is 9.64 Å². The molecule has 1 aliphatic heterocycles. The minimum atomic E-state index is -0.404. The van der Waals surface area contributed by atoms with E-state index < -0.39 is 6.10 Å². The monoisotopic (exact) mass is 281 g/mol. The molecule has 21 heavy (non-hydrogen) atoms. The number of carbonyl (C=O) groups is 1. The van der Waals surface area contributed by atoms with Crippen LogP contribution in [0.1, 0.15) is 24.1 Å². The summed E-state index contributed by atoms with van der Waals surface area (Å²) in [5.74, 6) is 0.860. The van der Waals surface area contributed by atoms with Gasteiger partial charge in [0.2, 0.25) is 0 Å². The van der Waals surface area contributed by atoms with E-state index in [-0.39, 0.29) is 11.9 Å². The molecule has 0 radical (unpaired) electrons. The molecule has 0 aromatic heterocycles. The van der Waals surface area contributed by atoms with Crippen molar-refractivity contribution in [2.45, 2.75) is 25.5 Å². The second kappa shape index (κ2) is 5.60. The van der Waals surface area contributed by atoms with E-state index in [0.717, 1.165) is 16.9 Å². The third-order valence-corrected chi connectivity index (χ3v) is 4.13. The van der Waals surface area contributed by atoms with Crippen LogP contribution in [0.2, 0.25) is 0 Å². The van der Waals surface area contributed by atoms with E-state index in [9.17, 15) is 4.79 Å². The number of fused-ring (bicyclic) bond motifs is 1. The highest BCUT2D eigenvalue weighted by Crippen LogP contribution is 2.30. The molecule has 1 aliphatic rings. The molecule has 0 N–H and O–H groups in total. The van der Waals surface area contributed by atoms with Crippen molar-refractivity contribution in [3.8, 4) is 5.75 Å². The van der Waals surface area contributed by atoms with Crippen molar-refractivity contribution in [2.75, 3.05) is 7.05 Å². The first kappa shape index (κ1) is 13.7. The minimum Gasteiger partial charge on any atom is -0.480 e. The fourth-order valence-electron chi connectivity index (χ4n) is 2.69. The zero-order valence-electron chi connectivity index (χ0n) is 12.3. The van der Waals surface area contributed by atoms with Crippen molar-refractivity contribution < 1.29 is 9.53 Å². The van der Waals surface area contributed by atoms with Gasteiger partial charge in [0.25, 0.3) is 5.91 Å². The zero-order valence-corrected chi connectivity index (χ0v) is 12.3. The molecule has 3 nitrogen and oxygen atoms in total. The van der Waals surface area contributed by atoms with E-state index in [1.54, 1.807) is 4.90 Å². The Kier molecular flexibility index (Phi) is 3.65. The predicted octanol–water partition coefficient (Wildman–Crippen LogP) is 3.21. The number of benzene rings is 2. The average molecular weight is 281 g/mol. The van der Waals surface area contributed by atoms with Crippen LogP contribution in [0.3, 0.4) is 0 Å². The number of nitrogens with zero attached hydrogens (tertiary/aromatic N) is 1. The highest BCUT2D eigenvalue weighted by molar-refractivity contribution is 5.82. The summed E-state index contributed by atoms with van der Waals surface area (Å²) in [6.07, 6.45) is 0.250. The molecule has 0 fully saturated rings. The van der Waals surface area contributed by atoms with Crippen molar-refractivity contribution in [3.63, 3.8) is 0 Å². The molecule has 2 unspecified atom stereocenters. The quantitative estimate of drug-likeness (QED) is 0.864. The molecule has 0 saturated carbocycles. The number of ether oxygens (including phenoxy) is 1. The molecule has 0 aliphatic carbocycles. The molecule has 3 heteroatoms. The smallest absolute Gasteiger partial charge is 0.264 e. The van der Waals surface area contributed by atoms with Crippen molar-refractivity contribution in [1.82, 2.24) is 4.90 Å². The summed E-state index contributed by atoms with van der Waals surface area (Å²) >= 11 is 0. The van der Waals surface area contributed by atoms with Crippen LogP contribution in [0.4, 0.5) is 0 Å². The molecule has 2 aromatic carbocycles. The van der Waals surface area contributed by atoms with Gasteiger partial charge >= 0.3 is 0 Å². The first-order chi connectivity index (χ1) is 10.2. The van der Waals surface area contributed by atoms with Crippen LogP contribution in [0.5, 0.6) is 5.75 Å². The van der Waals surface area contributed by atoms with E-state index in [0.29, 0.717) is 6.42 Å². The summed E-state index contributed by atoms with van der Waals surface area (Å²) in [5, 5.41) is 0. The van der Waals surface area contributed by atoms with E-state index in [1.807, 2.05) is 68.6 Å². The van der Waals surface area contributed by atoms with Gasteiger partial charge in [-0.2, -0.15) is 0 Å². The molecule has 2 aromatic rings. The van der Waals surface area contributed by atoms with Crippen molar-refractivity contribution in [1.29, 1.82) is 0 Å². The van der Waals surface area contributed by atoms with Gasteiger partial charge in [0.15, 0.2) is 6.10 Å². The number of hydrogen-bond acceptors (Lipinski definition) is 2. The maximum Gasteiger partial charge on any atom is 0.264 e. The largest absolute Gasteiger partial charge is 0.480 e. The molecule has 1 heterocycles. The maximum atomic E-state index is 12.6. The Morgan fingerprint density at radius 3 is 2.52 bits per heavy atom. The average Bonchev–Trinajstić information content (AvgIpc) is 2.97. The third kappa shape index (κ3) is 2.64. The summed E-state index contributed by atoms with van der Waals surface area (Å²) in [7, 11) is 1.84. The van der Waals surface area contributed by atoms with Crippen LogP contribution in [0.25, 0.3) is 0 Å². The lowest BCUT2D eigenvalue weighted by atomic mass is 10.1. The Balaban J connectivity index is 1.72. The van der Waals surface area contributed by atoms with Crippen LogP contribution in [0.15, 0.2) is 54.6 Å². The highest BCUT2D eigenvalue weighted by Gasteiger charge is 2.32. The summed E-state index contributed by atoms with van der Waals surface area (Å²) in [6.45, 7) is 2.04. The molecule has 0 saturated heterocycles. The third-order valence-electron chi connectivity index (χ3n) is 4.13. The fraction of sp³-hybridized carbons (Fsp3) is 0.278. The molecular weight excluding hydrogens is 262 g/mol. The van der Waals surface area contributed by atoms with Crippen LogP contribution in [-0.4, -0.2) is 24.0 Å². The van der Waals surface area contributed by atoms with Gasteiger partial charge in [0.1, 0.15) is 5.75 Å². The number of likely N-dealkylation sites (N-methyl/N-ethyl adjacent to an activating group) is 1. The lowest BCUT2D eigenvalue weighted by Gasteiger charge is -2.27. The molecule has 3 rings (SSSR count). The second-order valence-electron chi connectivity index (χ2n) is 5.45. The summed E-state index contributed by atoms with van der Waals surface area (Å²) in [5.41, 5.74) is 2.24. The normalized spacial score (nSPS) is 17.7. The second-order valence-corrected chi connectivity index (χ2v) is 5.45. The van der Waals surface area contributed by atoms with Crippen molar-refractivity contribution in [3.05, 3.63) is 65.7 Å². The van der Waals surface area contributed by atoms with E-state index in [1.165, 1.54) is 0 Å². The van der Waals surface area contributed by atoms with Gasteiger partial charge in [-0.3, -0.25) is 4.79 Å². The SMILES string of the molecule is CC(c1ccccc1)N(C)C(=O)C1Cc2ccccc2O1.